The lowest BCUT2D eigenvalue weighted by Gasteiger charge is -2.07. The number of ether oxygens (including phenoxy) is 2. The van der Waals surface area contributed by atoms with Crippen molar-refractivity contribution in [2.75, 3.05) is 35.9 Å². The smallest absolute Gasteiger partial charge is 0.341 e. The van der Waals surface area contributed by atoms with E-state index in [1.54, 1.807) is 44.4 Å². The number of thiophene rings is 1. The van der Waals surface area contributed by atoms with Crippen molar-refractivity contribution in [2.45, 2.75) is 6.92 Å². The molecule has 2 aromatic carbocycles. The lowest BCUT2D eigenvalue weighted by molar-refractivity contribution is -0.114. The third-order valence-electron chi connectivity index (χ3n) is 4.38. The molecule has 9 heteroatoms. The summed E-state index contributed by atoms with van der Waals surface area (Å²) in [5, 5.41) is 5.99. The minimum absolute atomic E-state index is 0.0663. The van der Waals surface area contributed by atoms with Crippen molar-refractivity contribution in [3.63, 3.8) is 0 Å². The lowest BCUT2D eigenvalue weighted by Crippen LogP contribution is -2.19. The van der Waals surface area contributed by atoms with Crippen molar-refractivity contribution in [3.05, 3.63) is 66.2 Å². The first kappa shape index (κ1) is 24.3. The molecule has 0 aliphatic heterocycles. The molecule has 2 amide bonds. The van der Waals surface area contributed by atoms with E-state index in [9.17, 15) is 14.4 Å². The minimum Gasteiger partial charge on any atom is -0.497 e. The van der Waals surface area contributed by atoms with E-state index in [1.807, 2.05) is 30.3 Å². The summed E-state index contributed by atoms with van der Waals surface area (Å²) < 4.78 is 10.2. The molecule has 0 radical (unpaired) electrons. The predicted octanol–water partition coefficient (Wildman–Crippen LogP) is 4.91. The normalized spacial score (nSPS) is 10.4. The molecule has 2 N–H and O–H groups in total. The van der Waals surface area contributed by atoms with E-state index in [2.05, 4.69) is 10.6 Å². The first-order valence-corrected chi connectivity index (χ1v) is 12.1. The number of thioether (sulfide) groups is 1. The van der Waals surface area contributed by atoms with Gasteiger partial charge in [0.15, 0.2) is 0 Å². The SMILES string of the molecule is CCOC(=O)c1cc(-c2ccccc2)sc1NC(=O)CSCC(=O)Nc1ccc(OC)cc1. The van der Waals surface area contributed by atoms with Gasteiger partial charge in [0.1, 0.15) is 10.8 Å². The van der Waals surface area contributed by atoms with Crippen LogP contribution in [-0.2, 0) is 14.3 Å². The Balaban J connectivity index is 1.56. The van der Waals surface area contributed by atoms with Crippen LogP contribution in [0.5, 0.6) is 5.75 Å². The number of hydrogen-bond acceptors (Lipinski definition) is 7. The second kappa shape index (κ2) is 12.1. The highest BCUT2D eigenvalue weighted by Gasteiger charge is 2.20. The van der Waals surface area contributed by atoms with E-state index in [0.717, 1.165) is 10.4 Å². The first-order valence-electron chi connectivity index (χ1n) is 10.2. The Morgan fingerprint density at radius 3 is 2.24 bits per heavy atom. The van der Waals surface area contributed by atoms with Gasteiger partial charge in [-0.2, -0.15) is 0 Å². The molecule has 0 fully saturated rings. The molecule has 0 spiro atoms. The van der Waals surface area contributed by atoms with Gasteiger partial charge in [-0.15, -0.1) is 23.1 Å². The van der Waals surface area contributed by atoms with Gasteiger partial charge in [-0.25, -0.2) is 4.79 Å². The zero-order valence-electron chi connectivity index (χ0n) is 18.3. The van der Waals surface area contributed by atoms with Crippen molar-refractivity contribution >= 4 is 51.6 Å². The van der Waals surface area contributed by atoms with Gasteiger partial charge in [0.2, 0.25) is 11.8 Å². The van der Waals surface area contributed by atoms with Crippen LogP contribution in [0.3, 0.4) is 0 Å². The maximum absolute atomic E-state index is 12.5. The van der Waals surface area contributed by atoms with Crippen molar-refractivity contribution in [1.29, 1.82) is 0 Å². The Hall–Kier alpha value is -3.30. The number of carbonyl (C=O) groups is 3. The van der Waals surface area contributed by atoms with Crippen molar-refractivity contribution < 1.29 is 23.9 Å². The molecule has 33 heavy (non-hydrogen) atoms. The Kier molecular flexibility index (Phi) is 8.91. The molecule has 0 aliphatic carbocycles. The second-order valence-corrected chi connectivity index (χ2v) is 8.80. The summed E-state index contributed by atoms with van der Waals surface area (Å²) in [7, 11) is 1.57. The summed E-state index contributed by atoms with van der Waals surface area (Å²) in [6, 6.07) is 18.3. The highest BCUT2D eigenvalue weighted by Crippen LogP contribution is 2.36. The maximum Gasteiger partial charge on any atom is 0.341 e. The van der Waals surface area contributed by atoms with Gasteiger partial charge in [-0.05, 0) is 42.8 Å². The van der Waals surface area contributed by atoms with E-state index < -0.39 is 5.97 Å². The van der Waals surface area contributed by atoms with Crippen LogP contribution in [0.4, 0.5) is 10.7 Å². The van der Waals surface area contributed by atoms with Gasteiger partial charge >= 0.3 is 5.97 Å². The van der Waals surface area contributed by atoms with E-state index in [-0.39, 0.29) is 29.9 Å². The number of esters is 1. The Morgan fingerprint density at radius 2 is 1.61 bits per heavy atom. The Morgan fingerprint density at radius 1 is 0.939 bits per heavy atom. The summed E-state index contributed by atoms with van der Waals surface area (Å²) in [6.07, 6.45) is 0. The number of anilines is 2. The van der Waals surface area contributed by atoms with Crippen molar-refractivity contribution in [1.82, 2.24) is 0 Å². The van der Waals surface area contributed by atoms with E-state index >= 15 is 0 Å². The van der Waals surface area contributed by atoms with Crippen LogP contribution in [-0.4, -0.2) is 43.0 Å². The largest absolute Gasteiger partial charge is 0.497 e. The monoisotopic (exact) mass is 484 g/mol. The summed E-state index contributed by atoms with van der Waals surface area (Å²) in [6.45, 7) is 1.97. The highest BCUT2D eigenvalue weighted by atomic mass is 32.2. The Bertz CT molecular complexity index is 1100. The maximum atomic E-state index is 12.5. The minimum atomic E-state index is -0.488. The van der Waals surface area contributed by atoms with Gasteiger partial charge in [0, 0.05) is 10.6 Å². The Labute approximate surface area is 200 Å². The number of methoxy groups -OCH3 is 1. The molecule has 172 valence electrons. The van der Waals surface area contributed by atoms with Crippen LogP contribution < -0.4 is 15.4 Å². The van der Waals surface area contributed by atoms with Crippen LogP contribution in [0.15, 0.2) is 60.7 Å². The molecule has 0 atom stereocenters. The standard InChI is InChI=1S/C24H24N2O5S2/c1-3-31-24(29)19-13-20(16-7-5-4-6-8-16)33-23(19)26-22(28)15-32-14-21(27)25-17-9-11-18(30-2)12-10-17/h4-13H,3,14-15H2,1-2H3,(H,25,27)(H,26,28). The van der Waals surface area contributed by atoms with Gasteiger partial charge in [0.25, 0.3) is 0 Å². The molecular formula is C24H24N2O5S2. The summed E-state index contributed by atoms with van der Waals surface area (Å²) in [5.41, 5.74) is 1.91. The van der Waals surface area contributed by atoms with Crippen molar-refractivity contribution in [3.8, 4) is 16.2 Å². The van der Waals surface area contributed by atoms with Crippen LogP contribution in [0, 0.1) is 0 Å². The molecule has 0 saturated heterocycles. The quantitative estimate of drug-likeness (QED) is 0.397. The third kappa shape index (κ3) is 7.10. The summed E-state index contributed by atoms with van der Waals surface area (Å²) >= 11 is 2.49. The third-order valence-corrected chi connectivity index (χ3v) is 6.41. The fourth-order valence-corrected chi connectivity index (χ4v) is 4.54. The molecule has 0 unspecified atom stereocenters. The van der Waals surface area contributed by atoms with Crippen LogP contribution in [0.1, 0.15) is 17.3 Å². The second-order valence-electron chi connectivity index (χ2n) is 6.76. The van der Waals surface area contributed by atoms with E-state index in [1.165, 1.54) is 23.1 Å². The topological polar surface area (TPSA) is 93.7 Å². The van der Waals surface area contributed by atoms with Crippen molar-refractivity contribution in [2.24, 2.45) is 0 Å². The van der Waals surface area contributed by atoms with Crippen LogP contribution >= 0.6 is 23.1 Å². The van der Waals surface area contributed by atoms with Crippen LogP contribution in [0.25, 0.3) is 10.4 Å². The molecule has 0 bridgehead atoms. The molecule has 1 aromatic heterocycles. The molecule has 3 aromatic rings. The molecule has 0 saturated carbocycles. The van der Waals surface area contributed by atoms with E-state index in [4.69, 9.17) is 9.47 Å². The summed E-state index contributed by atoms with van der Waals surface area (Å²) in [5.74, 6) is -0.124. The number of benzene rings is 2. The van der Waals surface area contributed by atoms with Gasteiger partial charge in [0.05, 0.1) is 30.8 Å². The number of hydrogen-bond donors (Lipinski definition) is 2. The fourth-order valence-electron chi connectivity index (χ4n) is 2.86. The predicted molar refractivity (Wildman–Crippen MR) is 133 cm³/mol. The van der Waals surface area contributed by atoms with Crippen LogP contribution in [0.2, 0.25) is 0 Å². The number of carbonyl (C=O) groups excluding carboxylic acids is 3. The zero-order chi connectivity index (χ0) is 23.6. The first-order chi connectivity index (χ1) is 16.0. The molecule has 0 aliphatic rings. The molecular weight excluding hydrogens is 460 g/mol. The zero-order valence-corrected chi connectivity index (χ0v) is 19.9. The van der Waals surface area contributed by atoms with Gasteiger partial charge in [-0.3, -0.25) is 9.59 Å². The average Bonchev–Trinajstić information content (AvgIpc) is 3.24. The fraction of sp³-hybridized carbons (Fsp3) is 0.208. The van der Waals surface area contributed by atoms with Gasteiger partial charge < -0.3 is 20.1 Å². The molecule has 1 heterocycles. The van der Waals surface area contributed by atoms with Gasteiger partial charge in [-0.1, -0.05) is 30.3 Å². The van der Waals surface area contributed by atoms with E-state index in [0.29, 0.717) is 22.0 Å². The number of rotatable bonds is 10. The molecule has 7 nitrogen and oxygen atoms in total. The average molecular weight is 485 g/mol. The summed E-state index contributed by atoms with van der Waals surface area (Å²) in [4.78, 5) is 37.8. The molecule has 3 rings (SSSR count). The highest BCUT2D eigenvalue weighted by molar-refractivity contribution is 8.00. The lowest BCUT2D eigenvalue weighted by atomic mass is 10.1. The number of amides is 2. The number of nitrogens with one attached hydrogen (secondary N) is 2.